The number of phenolic OH excluding ortho intramolecular Hbond substituents is 1. The van der Waals surface area contributed by atoms with E-state index in [1.54, 1.807) is 18.2 Å². The Morgan fingerprint density at radius 1 is 0.586 bits per heavy atom. The number of hydrogen-bond acceptors (Lipinski definition) is 1. The van der Waals surface area contributed by atoms with E-state index >= 15 is 0 Å². The lowest BCUT2D eigenvalue weighted by Crippen LogP contribution is -1.76. The van der Waals surface area contributed by atoms with Gasteiger partial charge in [0.05, 0.1) is 0 Å². The molecule has 0 aromatic heterocycles. The normalized spacial score (nSPS) is 10.3. The van der Waals surface area contributed by atoms with Gasteiger partial charge in [0.15, 0.2) is 0 Å². The van der Waals surface area contributed by atoms with E-state index in [-0.39, 0.29) is 5.75 Å². The molecule has 142 valence electrons. The third-order valence-electron chi connectivity index (χ3n) is 4.60. The molecule has 1 nitrogen and oxygen atoms in total. The summed E-state index contributed by atoms with van der Waals surface area (Å²) in [7, 11) is 0. The summed E-state index contributed by atoms with van der Waals surface area (Å²) in [6.07, 6.45) is 7.81. The number of para-hydroxylation sites is 1. The summed E-state index contributed by atoms with van der Waals surface area (Å²) in [5, 5.41) is 11.8. The van der Waals surface area contributed by atoms with Crippen molar-refractivity contribution in [2.24, 2.45) is 0 Å². The molecule has 4 aromatic carbocycles. The van der Waals surface area contributed by atoms with Crippen molar-refractivity contribution < 1.29 is 5.11 Å². The van der Waals surface area contributed by atoms with E-state index < -0.39 is 0 Å². The largest absolute Gasteiger partial charge is 0.507 e. The van der Waals surface area contributed by atoms with Gasteiger partial charge in [-0.3, -0.25) is 0 Å². The van der Waals surface area contributed by atoms with Crippen molar-refractivity contribution in [3.05, 3.63) is 126 Å². The molecule has 4 aromatic rings. The highest BCUT2D eigenvalue weighted by molar-refractivity contribution is 6.04. The monoisotopic (exact) mass is 376 g/mol. The van der Waals surface area contributed by atoms with Gasteiger partial charge >= 0.3 is 0 Å². The predicted octanol–water partition coefficient (Wildman–Crippen LogP) is 7.69. The molecule has 5 rings (SSSR count). The minimum atomic E-state index is 0.285. The molecule has 0 saturated heterocycles. The Bertz CT molecular complexity index is 1100. The van der Waals surface area contributed by atoms with E-state index in [9.17, 15) is 0 Å². The van der Waals surface area contributed by atoms with Crippen LogP contribution in [0.2, 0.25) is 0 Å². The summed E-state index contributed by atoms with van der Waals surface area (Å²) in [4.78, 5) is 0. The van der Waals surface area contributed by atoms with E-state index in [1.807, 2.05) is 48.5 Å². The quantitative estimate of drug-likeness (QED) is 0.335. The van der Waals surface area contributed by atoms with Crippen molar-refractivity contribution >= 4 is 35.1 Å². The molecule has 0 heterocycles. The lowest BCUT2D eigenvalue weighted by atomic mass is 10.0. The van der Waals surface area contributed by atoms with Gasteiger partial charge in [-0.15, -0.1) is 0 Å². The number of benzene rings is 4. The zero-order valence-electron chi connectivity index (χ0n) is 16.3. The van der Waals surface area contributed by atoms with Gasteiger partial charge in [0.1, 0.15) is 5.75 Å². The molecule has 0 atom stereocenters. The van der Waals surface area contributed by atoms with Gasteiger partial charge in [-0.25, -0.2) is 0 Å². The molecule has 1 heteroatoms. The Kier molecular flexibility index (Phi) is 6.80. The second-order valence-electron chi connectivity index (χ2n) is 6.50. The van der Waals surface area contributed by atoms with Crippen molar-refractivity contribution in [2.75, 3.05) is 0 Å². The molecular weight excluding hydrogens is 352 g/mol. The highest BCUT2D eigenvalue weighted by atomic mass is 16.3. The second-order valence-corrected chi connectivity index (χ2v) is 6.50. The smallest absolute Gasteiger partial charge is 0.122 e. The number of phenols is 1. The fourth-order valence-corrected chi connectivity index (χ4v) is 3.11. The summed E-state index contributed by atoms with van der Waals surface area (Å²) >= 11 is 0. The van der Waals surface area contributed by atoms with Crippen molar-refractivity contribution in [2.45, 2.75) is 0 Å². The highest BCUT2D eigenvalue weighted by Gasteiger charge is 2.06. The Labute approximate surface area is 172 Å². The fourth-order valence-electron chi connectivity index (χ4n) is 3.11. The standard InChI is InChI=1S/C12H8.C8H8O.C8H8/c1-3-9-4-2-6-11-8-7-10(5-1)12(9)11;1-2-7-5-3-4-6-8(7)9;1-2-8-6-4-3-5-7-8/h1-8H;2-6,9H,1H2;2-7H,1H2. The molecule has 1 N–H and O–H groups in total. The van der Waals surface area contributed by atoms with Gasteiger partial charge < -0.3 is 5.11 Å². The summed E-state index contributed by atoms with van der Waals surface area (Å²) in [6.45, 7) is 7.16. The molecule has 29 heavy (non-hydrogen) atoms. The van der Waals surface area contributed by atoms with Gasteiger partial charge in [-0.2, -0.15) is 0 Å². The average molecular weight is 376 g/mol. The number of aromatic hydroxyl groups is 1. The number of hydrogen-bond donors (Lipinski definition) is 1. The molecule has 0 bridgehead atoms. The van der Waals surface area contributed by atoms with E-state index in [1.165, 1.54) is 27.5 Å². The van der Waals surface area contributed by atoms with Gasteiger partial charge in [0.2, 0.25) is 0 Å². The lowest BCUT2D eigenvalue weighted by molar-refractivity contribution is 0.474. The molecule has 0 saturated carbocycles. The van der Waals surface area contributed by atoms with Gasteiger partial charge in [0.25, 0.3) is 0 Å². The van der Waals surface area contributed by atoms with Crippen molar-refractivity contribution in [1.82, 2.24) is 0 Å². The van der Waals surface area contributed by atoms with E-state index in [0.29, 0.717) is 0 Å². The summed E-state index contributed by atoms with van der Waals surface area (Å²) in [6, 6.07) is 30.0. The third-order valence-corrected chi connectivity index (χ3v) is 4.60. The van der Waals surface area contributed by atoms with Crippen LogP contribution in [-0.4, -0.2) is 5.11 Å². The molecule has 0 spiro atoms. The first-order chi connectivity index (χ1) is 14.2. The molecule has 0 radical (unpaired) electrons. The van der Waals surface area contributed by atoms with Crippen LogP contribution in [0, 0.1) is 0 Å². The topological polar surface area (TPSA) is 20.2 Å². The van der Waals surface area contributed by atoms with Gasteiger partial charge in [-0.1, -0.05) is 122 Å². The second kappa shape index (κ2) is 9.91. The van der Waals surface area contributed by atoms with Crippen LogP contribution in [-0.2, 0) is 0 Å². The van der Waals surface area contributed by atoms with Crippen molar-refractivity contribution in [1.29, 1.82) is 0 Å². The van der Waals surface area contributed by atoms with Crippen LogP contribution in [0.1, 0.15) is 22.3 Å². The fraction of sp³-hybridized carbons (Fsp3) is 0. The van der Waals surface area contributed by atoms with Crippen LogP contribution < -0.4 is 0 Å². The minimum absolute atomic E-state index is 0.285. The first-order valence-electron chi connectivity index (χ1n) is 9.50. The lowest BCUT2D eigenvalue weighted by Gasteiger charge is -1.99. The first kappa shape index (κ1) is 19.9. The van der Waals surface area contributed by atoms with Crippen LogP contribution >= 0.6 is 0 Å². The maximum atomic E-state index is 9.04. The van der Waals surface area contributed by atoms with Crippen molar-refractivity contribution in [3.63, 3.8) is 0 Å². The average Bonchev–Trinajstić information content (AvgIpc) is 3.21. The minimum Gasteiger partial charge on any atom is -0.507 e. The van der Waals surface area contributed by atoms with Gasteiger partial charge in [0, 0.05) is 5.56 Å². The summed E-state index contributed by atoms with van der Waals surface area (Å²) < 4.78 is 0. The molecule has 0 fully saturated rings. The van der Waals surface area contributed by atoms with Gasteiger partial charge in [-0.05, 0) is 33.5 Å². The van der Waals surface area contributed by atoms with E-state index in [4.69, 9.17) is 5.11 Å². The highest BCUT2D eigenvalue weighted by Crippen LogP contribution is 2.30. The molecule has 1 aliphatic carbocycles. The maximum Gasteiger partial charge on any atom is 0.122 e. The van der Waals surface area contributed by atoms with E-state index in [0.717, 1.165) is 5.56 Å². The number of rotatable bonds is 2. The van der Waals surface area contributed by atoms with Crippen molar-refractivity contribution in [3.8, 4) is 5.75 Å². The molecular formula is C28H24O. The maximum absolute atomic E-state index is 9.04. The molecule has 0 aliphatic heterocycles. The Morgan fingerprint density at radius 3 is 1.66 bits per heavy atom. The Hall–Kier alpha value is -3.84. The van der Waals surface area contributed by atoms with Crippen LogP contribution in [0.25, 0.3) is 35.1 Å². The predicted molar refractivity (Wildman–Crippen MR) is 128 cm³/mol. The Balaban J connectivity index is 0.000000128. The molecule has 0 amide bonds. The van der Waals surface area contributed by atoms with Crippen LogP contribution in [0.5, 0.6) is 5.75 Å². The molecule has 0 unspecified atom stereocenters. The zero-order chi connectivity index (χ0) is 20.5. The van der Waals surface area contributed by atoms with Crippen LogP contribution in [0.3, 0.4) is 0 Å². The van der Waals surface area contributed by atoms with Crippen LogP contribution in [0.4, 0.5) is 0 Å². The zero-order valence-corrected chi connectivity index (χ0v) is 16.3. The summed E-state index contributed by atoms with van der Waals surface area (Å²) in [5.41, 5.74) is 4.65. The SMILES string of the molecule is C1=Cc2cccc3cccc1c23.C=Cc1ccccc1.C=Cc1ccccc1O. The Morgan fingerprint density at radius 2 is 1.17 bits per heavy atom. The van der Waals surface area contributed by atoms with E-state index in [2.05, 4.69) is 61.7 Å². The molecule has 1 aliphatic rings. The first-order valence-corrected chi connectivity index (χ1v) is 9.50. The summed E-state index contributed by atoms with van der Waals surface area (Å²) in [5.74, 6) is 0.285. The third kappa shape index (κ3) is 5.12. The van der Waals surface area contributed by atoms with Crippen LogP contribution in [0.15, 0.2) is 104 Å².